The molecular formula is C21H28N8O. The average Bonchev–Trinajstić information content (AvgIpc) is 3.31. The zero-order chi connectivity index (χ0) is 21.0. The van der Waals surface area contributed by atoms with Crippen LogP contribution in [0.5, 0.6) is 0 Å². The van der Waals surface area contributed by atoms with Crippen molar-refractivity contribution in [3.05, 3.63) is 18.5 Å². The van der Waals surface area contributed by atoms with Gasteiger partial charge in [0.1, 0.15) is 5.82 Å². The van der Waals surface area contributed by atoms with Crippen molar-refractivity contribution in [3.63, 3.8) is 0 Å². The molecule has 0 radical (unpaired) electrons. The fourth-order valence-corrected chi connectivity index (χ4v) is 4.98. The highest BCUT2D eigenvalue weighted by Crippen LogP contribution is 2.43. The lowest BCUT2D eigenvalue weighted by molar-refractivity contribution is -0.131. The second kappa shape index (κ2) is 7.07. The quantitative estimate of drug-likeness (QED) is 0.816. The zero-order valence-electron chi connectivity index (χ0n) is 17.7. The first kappa shape index (κ1) is 19.0. The van der Waals surface area contributed by atoms with Crippen LogP contribution in [-0.4, -0.2) is 68.5 Å². The molecule has 1 amide bonds. The topological polar surface area (TPSA) is 104 Å². The molecule has 30 heavy (non-hydrogen) atoms. The zero-order valence-corrected chi connectivity index (χ0v) is 17.7. The predicted molar refractivity (Wildman–Crippen MR) is 115 cm³/mol. The van der Waals surface area contributed by atoms with Gasteiger partial charge in [0, 0.05) is 68.7 Å². The van der Waals surface area contributed by atoms with E-state index in [-0.39, 0.29) is 23.9 Å². The number of hydrogen-bond donors (Lipinski definition) is 1. The van der Waals surface area contributed by atoms with Gasteiger partial charge in [-0.15, -0.1) is 0 Å². The number of rotatable bonds is 3. The molecule has 2 atom stereocenters. The summed E-state index contributed by atoms with van der Waals surface area (Å²) >= 11 is 0. The number of nitrogens with zero attached hydrogens (tertiary/aromatic N) is 7. The molecule has 9 nitrogen and oxygen atoms in total. The number of piperazine rings is 1. The van der Waals surface area contributed by atoms with E-state index in [1.807, 2.05) is 11.0 Å². The molecule has 2 bridgehead atoms. The monoisotopic (exact) mass is 408 g/mol. The summed E-state index contributed by atoms with van der Waals surface area (Å²) in [6.07, 6.45) is 5.89. The third-order valence-electron chi connectivity index (χ3n) is 6.72. The molecule has 0 aromatic carbocycles. The minimum Gasteiger partial charge on any atom is -0.368 e. The van der Waals surface area contributed by atoms with Gasteiger partial charge >= 0.3 is 0 Å². The van der Waals surface area contributed by atoms with Gasteiger partial charge in [0.15, 0.2) is 0 Å². The molecule has 1 saturated carbocycles. The SMILES string of the molecule is CC(=O)N1C[C@H](C)N(c2cc(-c3cnc(N)nc3)nc(N3CC4CC3C4)n2)C[C@@H]1C. The van der Waals surface area contributed by atoms with Crippen molar-refractivity contribution in [2.24, 2.45) is 5.92 Å². The largest absolute Gasteiger partial charge is 0.368 e. The summed E-state index contributed by atoms with van der Waals surface area (Å²) in [6, 6.07) is 2.84. The van der Waals surface area contributed by atoms with Crippen molar-refractivity contribution in [2.45, 2.75) is 51.7 Å². The number of fused-ring (bicyclic) bond motifs is 1. The Labute approximate surface area is 176 Å². The summed E-state index contributed by atoms with van der Waals surface area (Å²) in [6.45, 7) is 8.32. The Morgan fingerprint density at radius 1 is 1.03 bits per heavy atom. The van der Waals surface area contributed by atoms with E-state index in [4.69, 9.17) is 15.7 Å². The maximum Gasteiger partial charge on any atom is 0.228 e. The number of carbonyl (C=O) groups excluding carboxylic acids is 1. The van der Waals surface area contributed by atoms with Crippen LogP contribution in [-0.2, 0) is 4.79 Å². The first-order chi connectivity index (χ1) is 14.4. The van der Waals surface area contributed by atoms with Crippen LogP contribution >= 0.6 is 0 Å². The molecule has 1 aliphatic carbocycles. The Morgan fingerprint density at radius 2 is 1.77 bits per heavy atom. The van der Waals surface area contributed by atoms with Crippen LogP contribution in [0.15, 0.2) is 18.5 Å². The molecule has 2 aromatic heterocycles. The smallest absolute Gasteiger partial charge is 0.228 e. The van der Waals surface area contributed by atoms with Crippen molar-refractivity contribution < 1.29 is 4.79 Å². The lowest BCUT2D eigenvalue weighted by Gasteiger charge is -2.44. The highest BCUT2D eigenvalue weighted by molar-refractivity contribution is 5.74. The third kappa shape index (κ3) is 3.22. The van der Waals surface area contributed by atoms with Gasteiger partial charge in [0.2, 0.25) is 17.8 Å². The Morgan fingerprint density at radius 3 is 2.40 bits per heavy atom. The first-order valence-corrected chi connectivity index (χ1v) is 10.7. The predicted octanol–water partition coefficient (Wildman–Crippen LogP) is 1.56. The van der Waals surface area contributed by atoms with Crippen LogP contribution in [0.3, 0.4) is 0 Å². The van der Waals surface area contributed by atoms with Gasteiger partial charge in [-0.3, -0.25) is 4.79 Å². The van der Waals surface area contributed by atoms with Gasteiger partial charge in [-0.1, -0.05) is 0 Å². The summed E-state index contributed by atoms with van der Waals surface area (Å²) in [5.41, 5.74) is 7.29. The molecule has 4 fully saturated rings. The molecule has 5 heterocycles. The fourth-order valence-electron chi connectivity index (χ4n) is 4.98. The van der Waals surface area contributed by atoms with Gasteiger partial charge in [0.25, 0.3) is 0 Å². The molecule has 3 saturated heterocycles. The van der Waals surface area contributed by atoms with E-state index < -0.39 is 0 Å². The van der Waals surface area contributed by atoms with Crippen LogP contribution in [0.1, 0.15) is 33.6 Å². The van der Waals surface area contributed by atoms with E-state index in [9.17, 15) is 4.79 Å². The van der Waals surface area contributed by atoms with Crippen molar-refractivity contribution in [1.82, 2.24) is 24.8 Å². The van der Waals surface area contributed by atoms with Crippen LogP contribution in [0.2, 0.25) is 0 Å². The molecule has 0 unspecified atom stereocenters. The van der Waals surface area contributed by atoms with E-state index in [1.165, 1.54) is 12.8 Å². The van der Waals surface area contributed by atoms with Crippen LogP contribution in [0.25, 0.3) is 11.3 Å². The number of nitrogens with two attached hydrogens (primary N) is 1. The van der Waals surface area contributed by atoms with Gasteiger partial charge < -0.3 is 20.4 Å². The molecule has 9 heteroatoms. The normalized spacial score (nSPS) is 27.9. The van der Waals surface area contributed by atoms with Crippen molar-refractivity contribution in [1.29, 1.82) is 0 Å². The van der Waals surface area contributed by atoms with Gasteiger partial charge in [-0.25, -0.2) is 15.0 Å². The Kier molecular flexibility index (Phi) is 4.48. The number of carbonyl (C=O) groups is 1. The maximum atomic E-state index is 12.0. The van der Waals surface area contributed by atoms with Gasteiger partial charge in [-0.2, -0.15) is 4.98 Å². The number of aromatic nitrogens is 4. The molecule has 158 valence electrons. The van der Waals surface area contributed by atoms with E-state index >= 15 is 0 Å². The second-order valence-electron chi connectivity index (χ2n) is 8.91. The Balaban J connectivity index is 1.53. The number of nitrogen functional groups attached to an aromatic ring is 1. The third-order valence-corrected chi connectivity index (χ3v) is 6.72. The van der Waals surface area contributed by atoms with Crippen molar-refractivity contribution in [2.75, 3.05) is 35.2 Å². The summed E-state index contributed by atoms with van der Waals surface area (Å²) in [4.78, 5) is 36.7. The lowest BCUT2D eigenvalue weighted by Crippen LogP contribution is -2.58. The molecule has 2 N–H and O–H groups in total. The molecule has 0 spiro atoms. The van der Waals surface area contributed by atoms with Crippen LogP contribution < -0.4 is 15.5 Å². The van der Waals surface area contributed by atoms with Gasteiger partial charge in [-0.05, 0) is 32.6 Å². The molecule has 2 aromatic rings. The second-order valence-corrected chi connectivity index (χ2v) is 8.91. The minimum atomic E-state index is 0.119. The molecule has 3 aliphatic heterocycles. The summed E-state index contributed by atoms with van der Waals surface area (Å²) in [7, 11) is 0. The van der Waals surface area contributed by atoms with Crippen LogP contribution in [0.4, 0.5) is 17.7 Å². The highest BCUT2D eigenvalue weighted by Gasteiger charge is 2.44. The minimum absolute atomic E-state index is 0.119. The first-order valence-electron chi connectivity index (χ1n) is 10.7. The highest BCUT2D eigenvalue weighted by atomic mass is 16.2. The number of hydrogen-bond acceptors (Lipinski definition) is 8. The summed E-state index contributed by atoms with van der Waals surface area (Å²) in [5, 5.41) is 0. The number of amides is 1. The van der Waals surface area contributed by atoms with Gasteiger partial charge in [0.05, 0.1) is 5.69 Å². The molecular weight excluding hydrogens is 380 g/mol. The fraction of sp³-hybridized carbons (Fsp3) is 0.571. The van der Waals surface area contributed by atoms with Crippen LogP contribution in [0, 0.1) is 5.92 Å². The lowest BCUT2D eigenvalue weighted by atomic mass is 9.86. The molecule has 4 aliphatic rings. The van der Waals surface area contributed by atoms with E-state index in [1.54, 1.807) is 19.3 Å². The van der Waals surface area contributed by atoms with E-state index in [2.05, 4.69) is 33.6 Å². The molecule has 6 rings (SSSR count). The maximum absolute atomic E-state index is 12.0. The standard InChI is InChI=1S/C21H28N8O/c1-12-10-28(13(2)9-27(12)14(3)30)19-6-18(16-7-23-20(22)24-8-16)25-21(26-19)29-11-15-4-17(29)5-15/h6-8,12-13,15,17H,4-5,9-11H2,1-3H3,(H2,22,23,24)/t12-,13-,15?,17?/m0/s1. The Bertz CT molecular complexity index is 958. The van der Waals surface area contributed by atoms with Crippen molar-refractivity contribution >= 4 is 23.6 Å². The Hall–Kier alpha value is -2.97. The van der Waals surface area contributed by atoms with Crippen molar-refractivity contribution in [3.8, 4) is 11.3 Å². The summed E-state index contributed by atoms with van der Waals surface area (Å²) < 4.78 is 0. The van der Waals surface area contributed by atoms with E-state index in [0.29, 0.717) is 12.6 Å². The van der Waals surface area contributed by atoms with E-state index in [0.717, 1.165) is 42.0 Å². The average molecular weight is 409 g/mol. The summed E-state index contributed by atoms with van der Waals surface area (Å²) in [5.74, 6) is 2.80. The number of anilines is 3.